The number of anilines is 1. The van der Waals surface area contributed by atoms with E-state index in [4.69, 9.17) is 11.6 Å². The van der Waals surface area contributed by atoms with Crippen LogP contribution in [0.5, 0.6) is 0 Å². The minimum atomic E-state index is -4.30. The normalized spacial score (nSPS) is 12.2. The fourth-order valence-corrected chi connectivity index (χ4v) is 4.55. The van der Waals surface area contributed by atoms with Crippen LogP contribution in [0.4, 0.5) is 14.5 Å². The highest BCUT2D eigenvalue weighted by molar-refractivity contribution is 7.89. The first-order valence-corrected chi connectivity index (χ1v) is 12.7. The van der Waals surface area contributed by atoms with E-state index < -0.39 is 38.6 Å². The van der Waals surface area contributed by atoms with Crippen LogP contribution in [-0.4, -0.2) is 42.9 Å². The number of halogens is 3. The number of rotatable bonds is 10. The molecule has 0 radical (unpaired) electrons. The summed E-state index contributed by atoms with van der Waals surface area (Å²) in [5, 5.41) is 12.2. The van der Waals surface area contributed by atoms with Crippen LogP contribution in [0.1, 0.15) is 57.3 Å². The molecule has 2 rings (SSSR count). The van der Waals surface area contributed by atoms with Crippen molar-refractivity contribution in [1.82, 2.24) is 4.31 Å². The first-order chi connectivity index (χ1) is 15.6. The van der Waals surface area contributed by atoms with Gasteiger partial charge in [0.2, 0.25) is 10.0 Å². The summed E-state index contributed by atoms with van der Waals surface area (Å²) in [4.78, 5) is 11.9. The predicted molar refractivity (Wildman–Crippen MR) is 127 cm³/mol. The summed E-state index contributed by atoms with van der Waals surface area (Å²) >= 11 is 5.70. The van der Waals surface area contributed by atoms with E-state index in [1.165, 1.54) is 12.1 Å². The lowest BCUT2D eigenvalue weighted by atomic mass is 10.2. The number of hydrogen-bond donors (Lipinski definition) is 2. The van der Waals surface area contributed by atoms with Crippen LogP contribution in [0, 0.1) is 11.6 Å². The average Bonchev–Trinajstić information content (AvgIpc) is 2.80. The van der Waals surface area contributed by atoms with Gasteiger partial charge in [-0.25, -0.2) is 17.2 Å². The molecule has 0 heterocycles. The largest absolute Gasteiger partial charge is 0.392 e. The van der Waals surface area contributed by atoms with Crippen LogP contribution in [-0.2, 0) is 10.0 Å². The summed E-state index contributed by atoms with van der Waals surface area (Å²) < 4.78 is 55.0. The lowest BCUT2D eigenvalue weighted by molar-refractivity contribution is 0.102. The van der Waals surface area contributed by atoms with Crippen LogP contribution in [0.3, 0.4) is 0 Å². The van der Waals surface area contributed by atoms with E-state index in [0.29, 0.717) is 19.3 Å². The van der Waals surface area contributed by atoms with E-state index in [1.54, 1.807) is 6.92 Å². The van der Waals surface area contributed by atoms with Crippen molar-refractivity contribution in [3.05, 3.63) is 58.6 Å². The molecule has 0 aromatic heterocycles. The Morgan fingerprint density at radius 3 is 2.33 bits per heavy atom. The number of nitrogens with one attached hydrogen (secondary N) is 1. The maximum atomic E-state index is 14.5. The van der Waals surface area contributed by atoms with Crippen LogP contribution in [0.2, 0.25) is 5.02 Å². The van der Waals surface area contributed by atoms with Gasteiger partial charge in [0.25, 0.3) is 5.91 Å². The molecule has 1 unspecified atom stereocenters. The molecule has 6 nitrogen and oxygen atoms in total. The second kappa shape index (κ2) is 13.6. The highest BCUT2D eigenvalue weighted by Crippen LogP contribution is 2.24. The van der Waals surface area contributed by atoms with E-state index in [0.717, 1.165) is 28.6 Å². The third-order valence-corrected chi connectivity index (χ3v) is 6.81. The number of nitrogens with zero attached hydrogens (tertiary/aromatic N) is 1. The summed E-state index contributed by atoms with van der Waals surface area (Å²) in [7, 11) is -4.30. The molecular formula is C23H31ClF2N2O4S. The van der Waals surface area contributed by atoms with Gasteiger partial charge < -0.3 is 10.4 Å². The maximum Gasteiger partial charge on any atom is 0.255 e. The first kappa shape index (κ1) is 29.0. The van der Waals surface area contributed by atoms with Crippen molar-refractivity contribution in [1.29, 1.82) is 0 Å². The van der Waals surface area contributed by atoms with E-state index in [-0.39, 0.29) is 29.4 Å². The molecule has 1 amide bonds. The third kappa shape index (κ3) is 8.03. The SMILES string of the molecule is CC.CCCCN(CC(O)CC)S(=O)(=O)c1cc(C(=O)Nc2ccc(F)c(Cl)c2)ccc1F. The molecular weight excluding hydrogens is 474 g/mol. The number of aliphatic hydroxyl groups excluding tert-OH is 1. The first-order valence-electron chi connectivity index (χ1n) is 10.8. The highest BCUT2D eigenvalue weighted by Gasteiger charge is 2.29. The van der Waals surface area contributed by atoms with Gasteiger partial charge in [-0.2, -0.15) is 4.31 Å². The molecule has 0 aliphatic heterocycles. The molecule has 0 bridgehead atoms. The molecule has 184 valence electrons. The maximum absolute atomic E-state index is 14.5. The molecule has 1 atom stereocenters. The fourth-order valence-electron chi connectivity index (χ4n) is 2.77. The van der Waals surface area contributed by atoms with Gasteiger partial charge in [0, 0.05) is 24.3 Å². The Morgan fingerprint density at radius 1 is 1.12 bits per heavy atom. The van der Waals surface area contributed by atoms with Gasteiger partial charge in [0.1, 0.15) is 16.5 Å². The molecule has 0 saturated heterocycles. The van der Waals surface area contributed by atoms with E-state index in [1.807, 2.05) is 20.8 Å². The zero-order chi connectivity index (χ0) is 25.2. The van der Waals surface area contributed by atoms with Crippen LogP contribution >= 0.6 is 11.6 Å². The number of benzene rings is 2. The average molecular weight is 505 g/mol. The number of aliphatic hydroxyl groups is 1. The summed E-state index contributed by atoms with van der Waals surface area (Å²) in [6, 6.07) is 6.55. The summed E-state index contributed by atoms with van der Waals surface area (Å²) in [5.74, 6) is -2.38. The predicted octanol–water partition coefficient (Wildman–Crippen LogP) is 5.46. The second-order valence-corrected chi connectivity index (χ2v) is 9.32. The number of amides is 1. The zero-order valence-corrected chi connectivity index (χ0v) is 20.8. The van der Waals surface area contributed by atoms with Crippen molar-refractivity contribution in [3.8, 4) is 0 Å². The zero-order valence-electron chi connectivity index (χ0n) is 19.2. The Labute approximate surface area is 199 Å². The standard InChI is InChI=1S/C21H25ClF2N2O4S.C2H6/c1-3-5-10-26(13-16(27)4-2)31(29,30)20-11-14(6-8-19(20)24)21(28)25-15-7-9-18(23)17(22)12-15;1-2/h6-9,11-12,16,27H,3-5,10,13H2,1-2H3,(H,25,28);1-2H3. The number of sulfonamides is 1. The lowest BCUT2D eigenvalue weighted by Gasteiger charge is -2.24. The number of hydrogen-bond acceptors (Lipinski definition) is 4. The molecule has 0 fully saturated rings. The lowest BCUT2D eigenvalue weighted by Crippen LogP contribution is -2.38. The van der Waals surface area contributed by atoms with Crippen LogP contribution in [0.25, 0.3) is 0 Å². The fraction of sp³-hybridized carbons (Fsp3) is 0.435. The Hall–Kier alpha value is -2.07. The van der Waals surface area contributed by atoms with Gasteiger partial charge in [-0.3, -0.25) is 4.79 Å². The van der Waals surface area contributed by atoms with E-state index in [9.17, 15) is 27.1 Å². The Kier molecular flexibility index (Phi) is 11.9. The van der Waals surface area contributed by atoms with Crippen molar-refractivity contribution in [2.24, 2.45) is 0 Å². The summed E-state index contributed by atoms with van der Waals surface area (Å²) in [6.45, 7) is 7.53. The Balaban J connectivity index is 0.00000265. The number of carbonyl (C=O) groups is 1. The molecule has 2 aromatic rings. The minimum absolute atomic E-state index is 0.105. The van der Waals surface area contributed by atoms with Crippen LogP contribution < -0.4 is 5.32 Å². The van der Waals surface area contributed by atoms with Crippen molar-refractivity contribution in [2.75, 3.05) is 18.4 Å². The molecule has 0 aliphatic carbocycles. The van der Waals surface area contributed by atoms with Gasteiger partial charge in [0.15, 0.2) is 0 Å². The summed E-state index contributed by atoms with van der Waals surface area (Å²) in [6.07, 6.45) is 0.676. The van der Waals surface area contributed by atoms with Crippen LogP contribution in [0.15, 0.2) is 41.3 Å². The Morgan fingerprint density at radius 2 is 1.76 bits per heavy atom. The topological polar surface area (TPSA) is 86.7 Å². The molecule has 10 heteroatoms. The summed E-state index contributed by atoms with van der Waals surface area (Å²) in [5.41, 5.74) is 0.0904. The van der Waals surface area contributed by atoms with Gasteiger partial charge in [0.05, 0.1) is 11.1 Å². The molecule has 33 heavy (non-hydrogen) atoms. The van der Waals surface area contributed by atoms with Gasteiger partial charge in [-0.05, 0) is 49.2 Å². The van der Waals surface area contributed by atoms with Crippen molar-refractivity contribution in [3.63, 3.8) is 0 Å². The number of unbranched alkanes of at least 4 members (excludes halogenated alkanes) is 1. The van der Waals surface area contributed by atoms with Crippen molar-refractivity contribution in [2.45, 2.75) is 58.0 Å². The Bertz CT molecular complexity index is 1040. The molecule has 0 saturated carbocycles. The highest BCUT2D eigenvalue weighted by atomic mass is 35.5. The molecule has 2 aromatic carbocycles. The number of carbonyl (C=O) groups excluding carboxylic acids is 1. The van der Waals surface area contributed by atoms with Crippen molar-refractivity contribution >= 4 is 33.2 Å². The van der Waals surface area contributed by atoms with Crippen molar-refractivity contribution < 1.29 is 27.1 Å². The van der Waals surface area contributed by atoms with E-state index in [2.05, 4.69) is 5.32 Å². The molecule has 0 spiro atoms. The smallest absolute Gasteiger partial charge is 0.255 e. The molecule has 0 aliphatic rings. The van der Waals surface area contributed by atoms with Gasteiger partial charge in [-0.15, -0.1) is 0 Å². The minimum Gasteiger partial charge on any atom is -0.392 e. The third-order valence-electron chi connectivity index (χ3n) is 4.64. The van der Waals surface area contributed by atoms with Gasteiger partial charge >= 0.3 is 0 Å². The quantitative estimate of drug-likeness (QED) is 0.450. The molecule has 2 N–H and O–H groups in total. The monoisotopic (exact) mass is 504 g/mol. The van der Waals surface area contributed by atoms with E-state index >= 15 is 0 Å². The van der Waals surface area contributed by atoms with Gasteiger partial charge in [-0.1, -0.05) is 45.7 Å². The second-order valence-electron chi connectivity index (χ2n) is 7.01.